The van der Waals surface area contributed by atoms with E-state index in [0.29, 0.717) is 13.0 Å². The minimum Gasteiger partial charge on any atom is -0.390 e. The fourth-order valence-electron chi connectivity index (χ4n) is 3.44. The molecule has 23 heavy (non-hydrogen) atoms. The SMILES string of the molecule is O[C@H]1[C@H](O)CCN2C(=NCc3cccc4ccccc34)SC[C@H]12. The molecular formula is C18H20N2O2S. The molecule has 2 saturated heterocycles. The first kappa shape index (κ1) is 15.0. The Morgan fingerprint density at radius 1 is 1.13 bits per heavy atom. The predicted octanol–water partition coefficient (Wildman–Crippen LogP) is 2.24. The van der Waals surface area contributed by atoms with Gasteiger partial charge in [-0.3, -0.25) is 4.99 Å². The van der Waals surface area contributed by atoms with Gasteiger partial charge in [0.2, 0.25) is 0 Å². The predicted molar refractivity (Wildman–Crippen MR) is 94.7 cm³/mol. The van der Waals surface area contributed by atoms with Crippen molar-refractivity contribution in [3.63, 3.8) is 0 Å². The summed E-state index contributed by atoms with van der Waals surface area (Å²) in [6.07, 6.45) is -0.665. The number of thioether (sulfide) groups is 1. The molecule has 0 unspecified atom stereocenters. The van der Waals surface area contributed by atoms with Crippen LogP contribution in [0.3, 0.4) is 0 Å². The second-order valence-corrected chi connectivity index (χ2v) is 7.14. The Labute approximate surface area is 139 Å². The van der Waals surface area contributed by atoms with Crippen LogP contribution in [0.2, 0.25) is 0 Å². The van der Waals surface area contributed by atoms with Crippen LogP contribution in [-0.4, -0.2) is 50.8 Å². The summed E-state index contributed by atoms with van der Waals surface area (Å²) in [6.45, 7) is 1.41. The van der Waals surface area contributed by atoms with E-state index in [1.807, 2.05) is 0 Å². The highest BCUT2D eigenvalue weighted by Crippen LogP contribution is 2.32. The topological polar surface area (TPSA) is 56.1 Å². The first-order valence-corrected chi connectivity index (χ1v) is 8.99. The molecule has 4 nitrogen and oxygen atoms in total. The van der Waals surface area contributed by atoms with E-state index in [4.69, 9.17) is 4.99 Å². The maximum absolute atomic E-state index is 10.1. The molecule has 2 fully saturated rings. The highest BCUT2D eigenvalue weighted by atomic mass is 32.2. The van der Waals surface area contributed by atoms with Crippen LogP contribution in [0.4, 0.5) is 0 Å². The third kappa shape index (κ3) is 2.73. The lowest BCUT2D eigenvalue weighted by Gasteiger charge is -2.37. The van der Waals surface area contributed by atoms with Crippen molar-refractivity contribution in [3.8, 4) is 0 Å². The molecule has 2 aliphatic rings. The molecule has 120 valence electrons. The van der Waals surface area contributed by atoms with Crippen molar-refractivity contribution in [3.05, 3.63) is 48.0 Å². The molecule has 4 rings (SSSR count). The normalized spacial score (nSPS) is 29.2. The van der Waals surface area contributed by atoms with Crippen LogP contribution in [0.1, 0.15) is 12.0 Å². The molecule has 0 bridgehead atoms. The number of hydrogen-bond acceptors (Lipinski definition) is 4. The molecular weight excluding hydrogens is 308 g/mol. The molecule has 2 aliphatic heterocycles. The smallest absolute Gasteiger partial charge is 0.159 e. The standard InChI is InChI=1S/C18H20N2O2S/c21-16-8-9-20-15(17(16)22)11-23-18(20)19-10-13-6-3-5-12-4-1-2-7-14(12)13/h1-7,15-17,21-22H,8-11H2/t15-,16-,17-/m1/s1. The van der Waals surface area contributed by atoms with E-state index in [0.717, 1.165) is 17.5 Å². The molecule has 0 aromatic heterocycles. The van der Waals surface area contributed by atoms with E-state index in [9.17, 15) is 10.2 Å². The van der Waals surface area contributed by atoms with E-state index in [1.165, 1.54) is 16.3 Å². The van der Waals surface area contributed by atoms with Gasteiger partial charge in [-0.1, -0.05) is 54.2 Å². The van der Waals surface area contributed by atoms with E-state index in [1.54, 1.807) is 11.8 Å². The van der Waals surface area contributed by atoms with Gasteiger partial charge in [0.05, 0.1) is 18.7 Å². The summed E-state index contributed by atoms with van der Waals surface area (Å²) in [6, 6.07) is 14.7. The number of aliphatic hydroxyl groups excluding tert-OH is 2. The Kier molecular flexibility index (Phi) is 4.01. The molecule has 2 N–H and O–H groups in total. The van der Waals surface area contributed by atoms with Gasteiger partial charge in [-0.2, -0.15) is 0 Å². The summed E-state index contributed by atoms with van der Waals surface area (Å²) in [5.74, 6) is 0.798. The monoisotopic (exact) mass is 328 g/mol. The third-order valence-corrected chi connectivity index (χ3v) is 5.88. The molecule has 2 heterocycles. The molecule has 2 aromatic carbocycles. The lowest BCUT2D eigenvalue weighted by Crippen LogP contribution is -2.53. The van der Waals surface area contributed by atoms with Gasteiger partial charge in [0.25, 0.3) is 0 Å². The van der Waals surface area contributed by atoms with Gasteiger partial charge in [-0.15, -0.1) is 0 Å². The number of piperidine rings is 1. The van der Waals surface area contributed by atoms with Crippen molar-refractivity contribution in [2.24, 2.45) is 4.99 Å². The Hall–Kier alpha value is -1.56. The minimum absolute atomic E-state index is 0.00461. The zero-order valence-corrected chi connectivity index (χ0v) is 13.6. The Bertz CT molecular complexity index is 743. The van der Waals surface area contributed by atoms with E-state index >= 15 is 0 Å². The van der Waals surface area contributed by atoms with Crippen molar-refractivity contribution in [2.75, 3.05) is 12.3 Å². The third-order valence-electron chi connectivity index (χ3n) is 4.75. The van der Waals surface area contributed by atoms with Crippen LogP contribution < -0.4 is 0 Å². The largest absolute Gasteiger partial charge is 0.390 e. The first-order chi connectivity index (χ1) is 11.2. The summed E-state index contributed by atoms with van der Waals surface area (Å²) in [7, 11) is 0. The fourth-order valence-corrected chi connectivity index (χ4v) is 4.68. The van der Waals surface area contributed by atoms with Gasteiger partial charge < -0.3 is 15.1 Å². The molecule has 0 spiro atoms. The van der Waals surface area contributed by atoms with Gasteiger partial charge in [0.15, 0.2) is 5.17 Å². The molecule has 0 saturated carbocycles. The number of amidine groups is 1. The lowest BCUT2D eigenvalue weighted by molar-refractivity contribution is -0.0470. The summed E-state index contributed by atoms with van der Waals surface area (Å²) < 4.78 is 0. The summed E-state index contributed by atoms with van der Waals surface area (Å²) >= 11 is 1.68. The number of rotatable bonds is 2. The van der Waals surface area contributed by atoms with Gasteiger partial charge in [0, 0.05) is 12.3 Å². The van der Waals surface area contributed by atoms with Gasteiger partial charge in [-0.05, 0) is 22.8 Å². The lowest BCUT2D eigenvalue weighted by atomic mass is 9.98. The van der Waals surface area contributed by atoms with E-state index in [2.05, 4.69) is 47.4 Å². The highest BCUT2D eigenvalue weighted by molar-refractivity contribution is 8.14. The molecule has 0 amide bonds. The zero-order chi connectivity index (χ0) is 15.8. The second kappa shape index (κ2) is 6.15. The van der Waals surface area contributed by atoms with Gasteiger partial charge >= 0.3 is 0 Å². The van der Waals surface area contributed by atoms with Crippen LogP contribution in [0.15, 0.2) is 47.5 Å². The molecule has 5 heteroatoms. The average molecular weight is 328 g/mol. The van der Waals surface area contributed by atoms with Crippen molar-refractivity contribution in [1.82, 2.24) is 4.90 Å². The second-order valence-electron chi connectivity index (χ2n) is 6.16. The van der Waals surface area contributed by atoms with Crippen LogP contribution in [0, 0.1) is 0 Å². The number of nitrogens with zero attached hydrogens (tertiary/aromatic N) is 2. The number of aliphatic hydroxyl groups is 2. The van der Waals surface area contributed by atoms with Crippen LogP contribution >= 0.6 is 11.8 Å². The van der Waals surface area contributed by atoms with E-state index in [-0.39, 0.29) is 6.04 Å². The Morgan fingerprint density at radius 3 is 2.87 bits per heavy atom. The molecule has 2 aromatic rings. The number of aliphatic imine (C=N–C) groups is 1. The maximum atomic E-state index is 10.1. The van der Waals surface area contributed by atoms with Crippen molar-refractivity contribution >= 4 is 27.7 Å². The first-order valence-electron chi connectivity index (χ1n) is 8.01. The molecule has 3 atom stereocenters. The number of benzene rings is 2. The summed E-state index contributed by atoms with van der Waals surface area (Å²) in [4.78, 5) is 6.96. The van der Waals surface area contributed by atoms with Gasteiger partial charge in [-0.25, -0.2) is 0 Å². The van der Waals surface area contributed by atoms with Crippen LogP contribution in [0.5, 0.6) is 0 Å². The van der Waals surface area contributed by atoms with E-state index < -0.39 is 12.2 Å². The van der Waals surface area contributed by atoms with Crippen molar-refractivity contribution < 1.29 is 10.2 Å². The highest BCUT2D eigenvalue weighted by Gasteiger charge is 2.41. The van der Waals surface area contributed by atoms with Crippen molar-refractivity contribution in [2.45, 2.75) is 31.2 Å². The minimum atomic E-state index is -0.665. The maximum Gasteiger partial charge on any atom is 0.159 e. The Balaban J connectivity index is 1.57. The quantitative estimate of drug-likeness (QED) is 0.888. The Morgan fingerprint density at radius 2 is 1.96 bits per heavy atom. The summed E-state index contributed by atoms with van der Waals surface area (Å²) in [5.41, 5.74) is 1.22. The number of hydrogen-bond donors (Lipinski definition) is 2. The summed E-state index contributed by atoms with van der Waals surface area (Å²) in [5, 5.41) is 23.4. The van der Waals surface area contributed by atoms with Gasteiger partial charge in [0.1, 0.15) is 6.10 Å². The average Bonchev–Trinajstić information content (AvgIpc) is 3.00. The molecule has 0 aliphatic carbocycles. The van der Waals surface area contributed by atoms with Crippen LogP contribution in [-0.2, 0) is 6.54 Å². The van der Waals surface area contributed by atoms with Crippen molar-refractivity contribution in [1.29, 1.82) is 0 Å². The number of fused-ring (bicyclic) bond motifs is 2. The van der Waals surface area contributed by atoms with Crippen LogP contribution in [0.25, 0.3) is 10.8 Å². The fraction of sp³-hybridized carbons (Fsp3) is 0.389. The molecule has 0 radical (unpaired) electrons. The zero-order valence-electron chi connectivity index (χ0n) is 12.8.